The van der Waals surface area contributed by atoms with Crippen LogP contribution in [0.2, 0.25) is 0 Å². The average molecular weight is 497 g/mol. The molecule has 37 heavy (non-hydrogen) atoms. The summed E-state index contributed by atoms with van der Waals surface area (Å²) in [7, 11) is 1.85. The van der Waals surface area contributed by atoms with Gasteiger partial charge in [-0.3, -0.25) is 4.79 Å². The number of benzene rings is 3. The maximum Gasteiger partial charge on any atom is 0.254 e. The molecular formula is C30H26F2N4O. The highest BCUT2D eigenvalue weighted by Gasteiger charge is 2.42. The molecule has 0 spiro atoms. The molecule has 4 aromatic rings. The van der Waals surface area contributed by atoms with Gasteiger partial charge in [0.2, 0.25) is 0 Å². The first-order valence-electron chi connectivity index (χ1n) is 12.5. The molecule has 2 aliphatic rings. The van der Waals surface area contributed by atoms with E-state index < -0.39 is 11.6 Å². The molecule has 2 N–H and O–H groups in total. The first kappa shape index (κ1) is 23.4. The number of nitrogens with zero attached hydrogens (tertiary/aromatic N) is 3. The van der Waals surface area contributed by atoms with Crippen LogP contribution in [-0.2, 0) is 7.05 Å². The Kier molecular flexibility index (Phi) is 5.58. The van der Waals surface area contributed by atoms with Crippen molar-refractivity contribution >= 4 is 16.8 Å². The number of amides is 1. The largest absolute Gasteiger partial charge is 0.350 e. The van der Waals surface area contributed by atoms with Gasteiger partial charge in [0.1, 0.15) is 17.7 Å². The van der Waals surface area contributed by atoms with Gasteiger partial charge in [-0.1, -0.05) is 12.1 Å². The van der Waals surface area contributed by atoms with E-state index in [9.17, 15) is 14.4 Å². The molecule has 5 nitrogen and oxygen atoms in total. The summed E-state index contributed by atoms with van der Waals surface area (Å²) in [6.45, 7) is 0. The highest BCUT2D eigenvalue weighted by Crippen LogP contribution is 2.39. The average Bonchev–Trinajstić information content (AvgIpc) is 3.38. The second-order valence-electron chi connectivity index (χ2n) is 10.2. The van der Waals surface area contributed by atoms with Crippen molar-refractivity contribution in [3.8, 4) is 28.3 Å². The van der Waals surface area contributed by atoms with Gasteiger partial charge in [-0.15, -0.1) is 0 Å². The van der Waals surface area contributed by atoms with E-state index in [2.05, 4.69) is 0 Å². The Balaban J connectivity index is 1.50. The third kappa shape index (κ3) is 3.89. The lowest BCUT2D eigenvalue weighted by Crippen LogP contribution is -2.50. The molecule has 0 aliphatic carbocycles. The molecule has 0 saturated carbocycles. The zero-order chi connectivity index (χ0) is 25.8. The number of aryl methyl sites for hydroxylation is 1. The number of hydrogen-bond acceptors (Lipinski definition) is 3. The molecule has 2 bridgehead atoms. The first-order chi connectivity index (χ1) is 17.8. The second kappa shape index (κ2) is 8.82. The molecule has 186 valence electrons. The summed E-state index contributed by atoms with van der Waals surface area (Å²) in [6, 6.07) is 16.9. The van der Waals surface area contributed by atoms with Crippen LogP contribution in [0.4, 0.5) is 8.78 Å². The fraction of sp³-hybridized carbons (Fsp3) is 0.267. The van der Waals surface area contributed by atoms with Crippen LogP contribution < -0.4 is 5.73 Å². The highest BCUT2D eigenvalue weighted by atomic mass is 19.1. The lowest BCUT2D eigenvalue weighted by atomic mass is 9.90. The van der Waals surface area contributed by atoms with Crippen LogP contribution in [0.15, 0.2) is 60.8 Å². The molecule has 1 aromatic heterocycles. The smallest absolute Gasteiger partial charge is 0.254 e. The Morgan fingerprint density at radius 1 is 0.946 bits per heavy atom. The van der Waals surface area contributed by atoms with Crippen LogP contribution in [0, 0.1) is 23.0 Å². The summed E-state index contributed by atoms with van der Waals surface area (Å²) < 4.78 is 32.0. The van der Waals surface area contributed by atoms with E-state index in [-0.39, 0.29) is 29.6 Å². The van der Waals surface area contributed by atoms with Crippen molar-refractivity contribution < 1.29 is 13.6 Å². The Morgan fingerprint density at radius 3 is 2.41 bits per heavy atom. The number of hydrogen-bond donors (Lipinski definition) is 1. The van der Waals surface area contributed by atoms with Crippen LogP contribution >= 0.6 is 0 Å². The molecule has 3 heterocycles. The van der Waals surface area contributed by atoms with Gasteiger partial charge in [-0.2, -0.15) is 5.26 Å². The molecule has 2 fully saturated rings. The zero-order valence-electron chi connectivity index (χ0n) is 20.4. The van der Waals surface area contributed by atoms with Crippen molar-refractivity contribution in [3.63, 3.8) is 0 Å². The van der Waals surface area contributed by atoms with Gasteiger partial charge in [-0.05, 0) is 84.8 Å². The summed E-state index contributed by atoms with van der Waals surface area (Å²) in [5.41, 5.74) is 9.27. The van der Waals surface area contributed by atoms with E-state index in [4.69, 9.17) is 5.73 Å². The number of nitriles is 1. The maximum absolute atomic E-state index is 15.4. The molecule has 0 radical (unpaired) electrons. The van der Waals surface area contributed by atoms with Crippen LogP contribution in [0.5, 0.6) is 0 Å². The molecule has 7 heteroatoms. The van der Waals surface area contributed by atoms with Crippen LogP contribution in [-0.4, -0.2) is 33.5 Å². The number of halogens is 2. The molecule has 1 amide bonds. The van der Waals surface area contributed by atoms with Gasteiger partial charge >= 0.3 is 0 Å². The topological polar surface area (TPSA) is 75.1 Å². The molecule has 3 aromatic carbocycles. The summed E-state index contributed by atoms with van der Waals surface area (Å²) >= 11 is 0. The molecule has 6 rings (SSSR count). The van der Waals surface area contributed by atoms with E-state index in [0.29, 0.717) is 27.8 Å². The van der Waals surface area contributed by atoms with Gasteiger partial charge in [0.05, 0.1) is 11.1 Å². The summed E-state index contributed by atoms with van der Waals surface area (Å²) in [5, 5.41) is 10.1. The van der Waals surface area contributed by atoms with Crippen LogP contribution in [0.3, 0.4) is 0 Å². The van der Waals surface area contributed by atoms with Crippen molar-refractivity contribution in [2.24, 2.45) is 12.8 Å². The third-order valence-electron chi connectivity index (χ3n) is 7.94. The minimum Gasteiger partial charge on any atom is -0.350 e. The molecule has 2 aliphatic heterocycles. The lowest BCUT2D eigenvalue weighted by Gasteiger charge is -2.38. The van der Waals surface area contributed by atoms with Crippen LogP contribution in [0.1, 0.15) is 41.6 Å². The number of fused-ring (bicyclic) bond motifs is 3. The number of carbonyl (C=O) groups excluding carboxylic acids is 1. The van der Waals surface area contributed by atoms with Crippen molar-refractivity contribution in [2.45, 2.75) is 43.8 Å². The van der Waals surface area contributed by atoms with Gasteiger partial charge in [0.25, 0.3) is 5.91 Å². The fourth-order valence-corrected chi connectivity index (χ4v) is 6.12. The summed E-state index contributed by atoms with van der Waals surface area (Å²) in [4.78, 5) is 15.7. The standard InChI is InChI=1S/C30H26F2N4O/c1-35-9-8-18-10-26(28(32)15-29(18)35)24-7-4-19(11-25(24)17-2-3-20(16-33)27(31)12-17)30(37)36-22-5-6-23(36)14-21(34)13-22/h2-4,7-12,15,21-23H,5-6,13-14,34H2,1H3/t21-,22+,23-. The fourth-order valence-electron chi connectivity index (χ4n) is 6.12. The van der Waals surface area contributed by atoms with Gasteiger partial charge < -0.3 is 15.2 Å². The zero-order valence-corrected chi connectivity index (χ0v) is 20.4. The van der Waals surface area contributed by atoms with Crippen LogP contribution in [0.25, 0.3) is 33.2 Å². The maximum atomic E-state index is 15.4. The van der Waals surface area contributed by atoms with E-state index in [1.807, 2.05) is 34.8 Å². The lowest BCUT2D eigenvalue weighted by molar-refractivity contribution is 0.0575. The first-order valence-corrected chi connectivity index (χ1v) is 12.5. The monoisotopic (exact) mass is 496 g/mol. The van der Waals surface area contributed by atoms with Gasteiger partial charge in [0.15, 0.2) is 0 Å². The normalized spacial score (nSPS) is 20.8. The number of aromatic nitrogens is 1. The van der Waals surface area contributed by atoms with Crippen molar-refractivity contribution in [1.82, 2.24) is 9.47 Å². The SMILES string of the molecule is Cn1ccc2cc(-c3ccc(C(=O)N4[C@@H]5CC[C@H]4C[C@@H](N)C5)cc3-c3ccc(C#N)c(F)c3)c(F)cc21. The highest BCUT2D eigenvalue weighted by molar-refractivity contribution is 5.99. The minimum atomic E-state index is -0.662. The number of carbonyl (C=O) groups is 1. The Morgan fingerprint density at radius 2 is 1.70 bits per heavy atom. The second-order valence-corrected chi connectivity index (χ2v) is 10.2. The van der Waals surface area contributed by atoms with Crippen molar-refractivity contribution in [2.75, 3.05) is 0 Å². The molecular weight excluding hydrogens is 470 g/mol. The Labute approximate surface area is 213 Å². The minimum absolute atomic E-state index is 0.0735. The number of rotatable bonds is 3. The number of nitrogens with two attached hydrogens (primary N) is 1. The van der Waals surface area contributed by atoms with Crippen molar-refractivity contribution in [3.05, 3.63) is 83.6 Å². The Hall–Kier alpha value is -4.02. The number of piperidine rings is 1. The predicted octanol–water partition coefficient (Wildman–Crippen LogP) is 5.76. The van der Waals surface area contributed by atoms with E-state index in [1.54, 1.807) is 30.3 Å². The molecule has 0 unspecified atom stereocenters. The van der Waals surface area contributed by atoms with E-state index >= 15 is 4.39 Å². The van der Waals surface area contributed by atoms with Gasteiger partial charge in [-0.25, -0.2) is 8.78 Å². The third-order valence-corrected chi connectivity index (χ3v) is 7.94. The van der Waals surface area contributed by atoms with Gasteiger partial charge in [0, 0.05) is 47.9 Å². The van der Waals surface area contributed by atoms with Crippen molar-refractivity contribution in [1.29, 1.82) is 5.26 Å². The van der Waals surface area contributed by atoms with E-state index in [0.717, 1.165) is 36.6 Å². The predicted molar refractivity (Wildman–Crippen MR) is 139 cm³/mol. The quantitative estimate of drug-likeness (QED) is 0.392. The molecule has 3 atom stereocenters. The van der Waals surface area contributed by atoms with E-state index in [1.165, 1.54) is 18.2 Å². The summed E-state index contributed by atoms with van der Waals surface area (Å²) in [5.74, 6) is -1.16. The Bertz CT molecular complexity index is 1590. The molecule has 2 saturated heterocycles. The summed E-state index contributed by atoms with van der Waals surface area (Å²) in [6.07, 6.45) is 5.33.